The van der Waals surface area contributed by atoms with Crippen molar-refractivity contribution >= 4 is 17.1 Å². The van der Waals surface area contributed by atoms with E-state index in [4.69, 9.17) is 5.84 Å². The Hall–Kier alpha value is -1.82. The van der Waals surface area contributed by atoms with E-state index in [9.17, 15) is 10.1 Å². The number of anilines is 2. The summed E-state index contributed by atoms with van der Waals surface area (Å²) in [5, 5.41) is 14.3. The molecule has 0 unspecified atom stereocenters. The third-order valence-corrected chi connectivity index (χ3v) is 3.67. The summed E-state index contributed by atoms with van der Waals surface area (Å²) in [6.07, 6.45) is 0. The van der Waals surface area contributed by atoms with Crippen LogP contribution in [0.2, 0.25) is 0 Å². The number of nitrogen functional groups attached to an aromatic ring is 1. The molecule has 4 N–H and O–H groups in total. The van der Waals surface area contributed by atoms with Crippen LogP contribution >= 0.6 is 0 Å². The molecule has 0 spiro atoms. The van der Waals surface area contributed by atoms with Gasteiger partial charge in [-0.15, -0.1) is 0 Å². The fraction of sp³-hybridized carbons (Fsp3) is 0.538. The zero-order valence-corrected chi connectivity index (χ0v) is 11.9. The second-order valence-electron chi connectivity index (χ2n) is 5.60. The van der Waals surface area contributed by atoms with E-state index in [0.29, 0.717) is 23.8 Å². The second-order valence-corrected chi connectivity index (χ2v) is 5.60. The average molecular weight is 266 g/mol. The van der Waals surface area contributed by atoms with Gasteiger partial charge in [-0.25, -0.2) is 0 Å². The predicted octanol–water partition coefficient (Wildman–Crippen LogP) is 2.97. The van der Waals surface area contributed by atoms with Gasteiger partial charge in [0.25, 0.3) is 0 Å². The third kappa shape index (κ3) is 3.57. The van der Waals surface area contributed by atoms with Crippen LogP contribution in [0.4, 0.5) is 17.1 Å². The lowest BCUT2D eigenvalue weighted by atomic mass is 9.81. The highest BCUT2D eigenvalue weighted by atomic mass is 16.6. The Balaban J connectivity index is 2.99. The van der Waals surface area contributed by atoms with Gasteiger partial charge in [-0.2, -0.15) is 0 Å². The summed E-state index contributed by atoms with van der Waals surface area (Å²) in [5.41, 5.74) is 3.16. The molecule has 6 heteroatoms. The maximum absolute atomic E-state index is 11.1. The molecule has 6 nitrogen and oxygen atoms in total. The summed E-state index contributed by atoms with van der Waals surface area (Å²) in [6.45, 7) is 9.17. The molecule has 0 saturated carbocycles. The Morgan fingerprint density at radius 1 is 1.37 bits per heavy atom. The van der Waals surface area contributed by atoms with Crippen molar-refractivity contribution in [3.05, 3.63) is 28.3 Å². The van der Waals surface area contributed by atoms with Crippen LogP contribution in [0.3, 0.4) is 0 Å². The van der Waals surface area contributed by atoms with E-state index in [1.807, 2.05) is 0 Å². The summed E-state index contributed by atoms with van der Waals surface area (Å²) >= 11 is 0. The molecule has 0 saturated heterocycles. The maximum atomic E-state index is 11.1. The number of nitrogens with two attached hydrogens (primary N) is 1. The first-order chi connectivity index (χ1) is 8.79. The lowest BCUT2D eigenvalue weighted by Crippen LogP contribution is -2.28. The van der Waals surface area contributed by atoms with Gasteiger partial charge < -0.3 is 10.7 Å². The Morgan fingerprint density at radius 2 is 1.95 bits per heavy atom. The van der Waals surface area contributed by atoms with E-state index in [1.165, 1.54) is 0 Å². The summed E-state index contributed by atoms with van der Waals surface area (Å²) in [6, 6.07) is 5.00. The molecule has 0 aromatic heterocycles. The van der Waals surface area contributed by atoms with Gasteiger partial charge in [-0.1, -0.05) is 33.8 Å². The lowest BCUT2D eigenvalue weighted by Gasteiger charge is -2.29. The van der Waals surface area contributed by atoms with Gasteiger partial charge in [-0.05, 0) is 23.5 Å². The van der Waals surface area contributed by atoms with Gasteiger partial charge >= 0.3 is 5.69 Å². The van der Waals surface area contributed by atoms with Crippen LogP contribution in [0.15, 0.2) is 18.2 Å². The second kappa shape index (κ2) is 5.88. The molecular formula is C13H22N4O2. The van der Waals surface area contributed by atoms with Gasteiger partial charge in [0.05, 0.1) is 4.92 Å². The molecule has 19 heavy (non-hydrogen) atoms. The SMILES string of the molecule is CC(C)C(C)(C)CNc1cccc(NN)c1[N+](=O)[O-]. The first-order valence-electron chi connectivity index (χ1n) is 6.27. The van der Waals surface area contributed by atoms with E-state index >= 15 is 0 Å². The van der Waals surface area contributed by atoms with Crippen LogP contribution in [0.1, 0.15) is 27.7 Å². The van der Waals surface area contributed by atoms with Crippen LogP contribution in [0.5, 0.6) is 0 Å². The summed E-state index contributed by atoms with van der Waals surface area (Å²) in [5.74, 6) is 5.77. The summed E-state index contributed by atoms with van der Waals surface area (Å²) in [4.78, 5) is 10.7. The minimum Gasteiger partial charge on any atom is -0.379 e. The van der Waals surface area contributed by atoms with Crippen molar-refractivity contribution in [3.63, 3.8) is 0 Å². The van der Waals surface area contributed by atoms with Crippen LogP contribution in [-0.2, 0) is 0 Å². The van der Waals surface area contributed by atoms with E-state index in [1.54, 1.807) is 18.2 Å². The molecular weight excluding hydrogens is 244 g/mol. The number of hydrogen-bond donors (Lipinski definition) is 3. The van der Waals surface area contributed by atoms with Crippen molar-refractivity contribution in [1.82, 2.24) is 0 Å². The molecule has 1 aromatic carbocycles. The number of benzene rings is 1. The summed E-state index contributed by atoms with van der Waals surface area (Å²) in [7, 11) is 0. The first kappa shape index (κ1) is 15.2. The Kier molecular flexibility index (Phi) is 4.72. The number of hydrogen-bond acceptors (Lipinski definition) is 5. The molecule has 0 aliphatic rings. The molecule has 0 heterocycles. The number of rotatable bonds is 6. The van der Waals surface area contributed by atoms with Gasteiger partial charge in [0, 0.05) is 6.54 Å². The largest absolute Gasteiger partial charge is 0.379 e. The van der Waals surface area contributed by atoms with E-state index < -0.39 is 4.92 Å². The molecule has 1 aromatic rings. The monoisotopic (exact) mass is 266 g/mol. The topological polar surface area (TPSA) is 93.2 Å². The van der Waals surface area contributed by atoms with Crippen LogP contribution in [-0.4, -0.2) is 11.5 Å². The number of nitrogens with zero attached hydrogens (tertiary/aromatic N) is 1. The average Bonchev–Trinajstić information content (AvgIpc) is 2.35. The van der Waals surface area contributed by atoms with Crippen molar-refractivity contribution in [2.75, 3.05) is 17.3 Å². The predicted molar refractivity (Wildman–Crippen MR) is 78.0 cm³/mol. The van der Waals surface area contributed by atoms with Gasteiger partial charge in [0.1, 0.15) is 11.4 Å². The minimum atomic E-state index is -0.431. The minimum absolute atomic E-state index is 0.0236. The van der Waals surface area contributed by atoms with E-state index in [2.05, 4.69) is 38.4 Å². The fourth-order valence-electron chi connectivity index (χ4n) is 1.53. The molecule has 0 atom stereocenters. The normalized spacial score (nSPS) is 11.5. The first-order valence-corrected chi connectivity index (χ1v) is 6.27. The summed E-state index contributed by atoms with van der Waals surface area (Å²) < 4.78 is 0. The zero-order valence-electron chi connectivity index (χ0n) is 11.9. The standard InChI is InChI=1S/C13H22N4O2/c1-9(2)13(3,4)8-15-10-6-5-7-11(16-14)12(10)17(18)19/h5-7,9,15-16H,8,14H2,1-4H3. The van der Waals surface area contributed by atoms with Crippen LogP contribution < -0.4 is 16.6 Å². The highest BCUT2D eigenvalue weighted by Crippen LogP contribution is 2.34. The van der Waals surface area contributed by atoms with Crippen molar-refractivity contribution < 1.29 is 4.92 Å². The lowest BCUT2D eigenvalue weighted by molar-refractivity contribution is -0.383. The van der Waals surface area contributed by atoms with E-state index in [-0.39, 0.29) is 11.1 Å². The van der Waals surface area contributed by atoms with Crippen LogP contribution in [0.25, 0.3) is 0 Å². The molecule has 106 valence electrons. The van der Waals surface area contributed by atoms with Gasteiger partial charge in [0.15, 0.2) is 0 Å². The molecule has 0 amide bonds. The zero-order chi connectivity index (χ0) is 14.6. The molecule has 0 aliphatic heterocycles. The smallest absolute Gasteiger partial charge is 0.316 e. The van der Waals surface area contributed by atoms with Crippen LogP contribution in [0, 0.1) is 21.4 Å². The maximum Gasteiger partial charge on any atom is 0.316 e. The third-order valence-electron chi connectivity index (χ3n) is 3.67. The number of nitrogens with one attached hydrogen (secondary N) is 2. The highest BCUT2D eigenvalue weighted by Gasteiger charge is 2.25. The quantitative estimate of drug-likeness (QED) is 0.418. The molecule has 0 bridgehead atoms. The van der Waals surface area contributed by atoms with Crippen molar-refractivity contribution in [1.29, 1.82) is 0 Å². The molecule has 0 aliphatic carbocycles. The van der Waals surface area contributed by atoms with Crippen molar-refractivity contribution in [2.45, 2.75) is 27.7 Å². The number of para-hydroxylation sites is 1. The molecule has 1 rings (SSSR count). The van der Waals surface area contributed by atoms with Gasteiger partial charge in [0.2, 0.25) is 0 Å². The van der Waals surface area contributed by atoms with E-state index in [0.717, 1.165) is 0 Å². The molecule has 0 radical (unpaired) electrons. The Morgan fingerprint density at radius 3 is 2.42 bits per heavy atom. The molecule has 0 fully saturated rings. The number of nitro groups is 1. The fourth-order valence-corrected chi connectivity index (χ4v) is 1.53. The number of nitro benzene ring substituents is 1. The van der Waals surface area contributed by atoms with Gasteiger partial charge in [-0.3, -0.25) is 16.0 Å². The van der Waals surface area contributed by atoms with Crippen molar-refractivity contribution in [2.24, 2.45) is 17.2 Å². The van der Waals surface area contributed by atoms with Crippen molar-refractivity contribution in [3.8, 4) is 0 Å². The Bertz CT molecular complexity index is 458. The Labute approximate surface area is 113 Å². The highest BCUT2D eigenvalue weighted by molar-refractivity contribution is 5.75. The number of hydrazine groups is 1.